The summed E-state index contributed by atoms with van der Waals surface area (Å²) in [5.74, 6) is 0.0674. The fourth-order valence-electron chi connectivity index (χ4n) is 1.82. The molecule has 0 aromatic rings. The number of hydrogen-bond donors (Lipinski definition) is 2. The zero-order valence-electron chi connectivity index (χ0n) is 11.1. The highest BCUT2D eigenvalue weighted by Crippen LogP contribution is 2.09. The standard InChI is InChI=1S/C13H27NO2/c1-10(2)6-5-7-11(3)14-12(4)8-9-13(15)16/h10-12,14H,5-9H2,1-4H3,(H,15,16). The second-order valence-electron chi connectivity index (χ2n) is 5.23. The summed E-state index contributed by atoms with van der Waals surface area (Å²) in [5, 5.41) is 12.0. The van der Waals surface area contributed by atoms with Crippen molar-refractivity contribution in [2.24, 2.45) is 5.92 Å². The van der Waals surface area contributed by atoms with Gasteiger partial charge >= 0.3 is 5.97 Å². The Bertz CT molecular complexity index is 192. The average molecular weight is 229 g/mol. The molecule has 3 heteroatoms. The fourth-order valence-corrected chi connectivity index (χ4v) is 1.82. The first kappa shape index (κ1) is 15.4. The Morgan fingerprint density at radius 2 is 1.62 bits per heavy atom. The van der Waals surface area contributed by atoms with Crippen molar-refractivity contribution in [3.05, 3.63) is 0 Å². The van der Waals surface area contributed by atoms with Crippen molar-refractivity contribution >= 4 is 5.97 Å². The molecule has 0 rings (SSSR count). The molecule has 96 valence electrons. The average Bonchev–Trinajstić information content (AvgIpc) is 2.14. The lowest BCUT2D eigenvalue weighted by atomic mass is 10.0. The zero-order valence-corrected chi connectivity index (χ0v) is 11.1. The summed E-state index contributed by atoms with van der Waals surface area (Å²) in [6.07, 6.45) is 4.67. The third-order valence-electron chi connectivity index (χ3n) is 2.78. The van der Waals surface area contributed by atoms with Crippen molar-refractivity contribution in [2.75, 3.05) is 0 Å². The van der Waals surface area contributed by atoms with Gasteiger partial charge in [0.2, 0.25) is 0 Å². The summed E-state index contributed by atoms with van der Waals surface area (Å²) in [4.78, 5) is 10.4. The van der Waals surface area contributed by atoms with Gasteiger partial charge in [-0.1, -0.05) is 26.7 Å². The normalized spacial score (nSPS) is 15.1. The molecule has 0 spiro atoms. The SMILES string of the molecule is CC(C)CCCC(C)NC(C)CCC(=O)O. The molecular weight excluding hydrogens is 202 g/mol. The maximum atomic E-state index is 10.4. The summed E-state index contributed by atoms with van der Waals surface area (Å²) in [5.41, 5.74) is 0. The Labute approximate surface area is 99.6 Å². The van der Waals surface area contributed by atoms with Crippen molar-refractivity contribution in [2.45, 2.75) is 71.9 Å². The van der Waals surface area contributed by atoms with Crippen LogP contribution in [0.2, 0.25) is 0 Å². The van der Waals surface area contributed by atoms with Crippen LogP contribution in [0.1, 0.15) is 59.8 Å². The molecule has 0 amide bonds. The van der Waals surface area contributed by atoms with E-state index in [-0.39, 0.29) is 6.42 Å². The quantitative estimate of drug-likeness (QED) is 0.639. The summed E-state index contributed by atoms with van der Waals surface area (Å²) in [7, 11) is 0. The van der Waals surface area contributed by atoms with Crippen LogP contribution in [0.3, 0.4) is 0 Å². The van der Waals surface area contributed by atoms with Gasteiger partial charge in [-0.05, 0) is 32.6 Å². The Hall–Kier alpha value is -0.570. The van der Waals surface area contributed by atoms with Crippen molar-refractivity contribution in [3.63, 3.8) is 0 Å². The Morgan fingerprint density at radius 1 is 1.06 bits per heavy atom. The van der Waals surface area contributed by atoms with Crippen LogP contribution in [0.25, 0.3) is 0 Å². The zero-order chi connectivity index (χ0) is 12.6. The first-order valence-electron chi connectivity index (χ1n) is 6.39. The summed E-state index contributed by atoms with van der Waals surface area (Å²) in [6.45, 7) is 8.72. The first-order chi connectivity index (χ1) is 7.41. The minimum Gasteiger partial charge on any atom is -0.481 e. The van der Waals surface area contributed by atoms with Crippen LogP contribution in [0.5, 0.6) is 0 Å². The lowest BCUT2D eigenvalue weighted by Gasteiger charge is -2.19. The van der Waals surface area contributed by atoms with E-state index in [1.807, 2.05) is 0 Å². The number of carboxylic acid groups (broad SMARTS) is 1. The minimum absolute atomic E-state index is 0.257. The van der Waals surface area contributed by atoms with E-state index in [9.17, 15) is 4.79 Å². The highest BCUT2D eigenvalue weighted by Gasteiger charge is 2.09. The second-order valence-corrected chi connectivity index (χ2v) is 5.23. The maximum Gasteiger partial charge on any atom is 0.303 e. The largest absolute Gasteiger partial charge is 0.481 e. The van der Waals surface area contributed by atoms with E-state index in [1.165, 1.54) is 19.3 Å². The monoisotopic (exact) mass is 229 g/mol. The summed E-state index contributed by atoms with van der Waals surface area (Å²) in [6, 6.07) is 0.785. The topological polar surface area (TPSA) is 49.3 Å². The Balaban J connectivity index is 3.53. The summed E-state index contributed by atoms with van der Waals surface area (Å²) >= 11 is 0. The van der Waals surface area contributed by atoms with Crippen LogP contribution >= 0.6 is 0 Å². The van der Waals surface area contributed by atoms with Crippen molar-refractivity contribution in [3.8, 4) is 0 Å². The molecule has 0 saturated carbocycles. The van der Waals surface area contributed by atoms with Gasteiger partial charge in [-0.2, -0.15) is 0 Å². The van der Waals surface area contributed by atoms with Crippen LogP contribution in [0.4, 0.5) is 0 Å². The molecule has 3 nitrogen and oxygen atoms in total. The molecule has 2 atom stereocenters. The van der Waals surface area contributed by atoms with Gasteiger partial charge in [-0.15, -0.1) is 0 Å². The smallest absolute Gasteiger partial charge is 0.303 e. The number of rotatable bonds is 9. The minimum atomic E-state index is -0.707. The molecule has 0 saturated heterocycles. The molecule has 0 bridgehead atoms. The van der Waals surface area contributed by atoms with Gasteiger partial charge in [0.05, 0.1) is 0 Å². The van der Waals surface area contributed by atoms with Gasteiger partial charge in [0, 0.05) is 18.5 Å². The van der Waals surface area contributed by atoms with Gasteiger partial charge in [0.15, 0.2) is 0 Å². The van der Waals surface area contributed by atoms with E-state index < -0.39 is 5.97 Å². The maximum absolute atomic E-state index is 10.4. The predicted octanol–water partition coefficient (Wildman–Crippen LogP) is 3.04. The van der Waals surface area contributed by atoms with Gasteiger partial charge in [0.25, 0.3) is 0 Å². The highest BCUT2D eigenvalue weighted by atomic mass is 16.4. The van der Waals surface area contributed by atoms with Crippen molar-refractivity contribution in [1.29, 1.82) is 0 Å². The van der Waals surface area contributed by atoms with E-state index >= 15 is 0 Å². The first-order valence-corrected chi connectivity index (χ1v) is 6.39. The molecule has 2 unspecified atom stereocenters. The van der Waals surface area contributed by atoms with Gasteiger partial charge < -0.3 is 10.4 Å². The molecule has 0 aliphatic heterocycles. The van der Waals surface area contributed by atoms with Gasteiger partial charge in [-0.25, -0.2) is 0 Å². The van der Waals surface area contributed by atoms with Crippen LogP contribution in [0.15, 0.2) is 0 Å². The second kappa shape index (κ2) is 8.57. The van der Waals surface area contributed by atoms with E-state index in [0.29, 0.717) is 18.5 Å². The van der Waals surface area contributed by atoms with E-state index in [0.717, 1.165) is 5.92 Å². The van der Waals surface area contributed by atoms with Crippen LogP contribution in [0, 0.1) is 5.92 Å². The molecule has 0 aliphatic rings. The molecule has 0 aromatic heterocycles. The van der Waals surface area contributed by atoms with Gasteiger partial charge in [0.1, 0.15) is 0 Å². The number of carboxylic acids is 1. The van der Waals surface area contributed by atoms with E-state index in [4.69, 9.17) is 5.11 Å². The Morgan fingerprint density at radius 3 is 2.12 bits per heavy atom. The van der Waals surface area contributed by atoms with Crippen LogP contribution in [-0.2, 0) is 4.79 Å². The molecule has 0 fully saturated rings. The lowest BCUT2D eigenvalue weighted by Crippen LogP contribution is -2.34. The Kier molecular flexibility index (Phi) is 8.26. The number of hydrogen-bond acceptors (Lipinski definition) is 2. The molecule has 0 heterocycles. The lowest BCUT2D eigenvalue weighted by molar-refractivity contribution is -0.137. The number of nitrogens with one attached hydrogen (secondary N) is 1. The highest BCUT2D eigenvalue weighted by molar-refractivity contribution is 5.66. The number of aliphatic carboxylic acids is 1. The molecule has 2 N–H and O–H groups in total. The molecular formula is C13H27NO2. The van der Waals surface area contributed by atoms with Crippen molar-refractivity contribution in [1.82, 2.24) is 5.32 Å². The molecule has 0 aromatic carbocycles. The van der Waals surface area contributed by atoms with Gasteiger partial charge in [-0.3, -0.25) is 4.79 Å². The molecule has 16 heavy (non-hydrogen) atoms. The predicted molar refractivity (Wildman–Crippen MR) is 67.6 cm³/mol. The third kappa shape index (κ3) is 9.97. The van der Waals surface area contributed by atoms with Crippen molar-refractivity contribution < 1.29 is 9.90 Å². The van der Waals surface area contributed by atoms with Crippen LogP contribution in [-0.4, -0.2) is 23.2 Å². The number of carbonyl (C=O) groups is 1. The fraction of sp³-hybridized carbons (Fsp3) is 0.923. The molecule has 0 aliphatic carbocycles. The van der Waals surface area contributed by atoms with Crippen LogP contribution < -0.4 is 5.32 Å². The summed E-state index contributed by atoms with van der Waals surface area (Å²) < 4.78 is 0. The van der Waals surface area contributed by atoms with E-state index in [2.05, 4.69) is 33.0 Å². The molecule has 0 radical (unpaired) electrons. The third-order valence-corrected chi connectivity index (χ3v) is 2.78. The van der Waals surface area contributed by atoms with E-state index in [1.54, 1.807) is 0 Å².